The minimum atomic E-state index is -2.97. The van der Waals surface area contributed by atoms with Gasteiger partial charge in [0.1, 0.15) is 22.4 Å². The number of carboxylic acids is 12. The normalized spacial score (nSPS) is 10.3. The van der Waals surface area contributed by atoms with Crippen molar-refractivity contribution >= 4 is 71.6 Å². The summed E-state index contributed by atoms with van der Waals surface area (Å²) in [6.07, 6.45) is -10.9. The number of hydrogen-bond donors (Lipinski definition) is 4. The summed E-state index contributed by atoms with van der Waals surface area (Å²) in [6, 6.07) is 0. The summed E-state index contributed by atoms with van der Waals surface area (Å²) in [5.74, 6) is -23.9. The number of carboxylic acid groups (broad SMARTS) is 12. The predicted molar refractivity (Wildman–Crippen MR) is 117 cm³/mol. The van der Waals surface area contributed by atoms with E-state index in [0.29, 0.717) is 0 Å². The van der Waals surface area contributed by atoms with E-state index in [1.54, 1.807) is 0 Å². The van der Waals surface area contributed by atoms with Crippen molar-refractivity contribution in [1.82, 2.24) is 0 Å². The average Bonchev–Trinajstić information content (AvgIpc) is 2.85. The zero-order valence-corrected chi connectivity index (χ0v) is 37.5. The van der Waals surface area contributed by atoms with Gasteiger partial charge in [-0.1, -0.05) is 0 Å². The van der Waals surface area contributed by atoms with Gasteiger partial charge >= 0.3 is 77.5 Å². The van der Waals surface area contributed by atoms with Crippen LogP contribution in [0.25, 0.3) is 0 Å². The number of carbonyl (C=O) groups is 12. The van der Waals surface area contributed by atoms with Crippen molar-refractivity contribution in [1.29, 1.82) is 0 Å². The van der Waals surface area contributed by atoms with Gasteiger partial charge < -0.3 is 139 Å². The molecule has 0 spiro atoms. The predicted octanol–water partition coefficient (Wildman–Crippen LogP) is -21.0. The first-order valence-corrected chi connectivity index (χ1v) is 12.5. The molecular weight excluding hydrogens is 1270 g/mol. The van der Waals surface area contributed by atoms with E-state index in [9.17, 15) is 119 Å². The molecule has 0 aliphatic heterocycles. The summed E-state index contributed by atoms with van der Waals surface area (Å²) in [5, 5.41) is 156. The van der Waals surface area contributed by atoms with Gasteiger partial charge in [0.15, 0.2) is 0 Å². The molecule has 0 radical (unpaired) electrons. The first-order chi connectivity index (χ1) is 23.1. The third kappa shape index (κ3) is 32.1. The Labute approximate surface area is 360 Å². The van der Waals surface area contributed by atoms with E-state index in [-0.39, 0.29) is 77.5 Å². The van der Waals surface area contributed by atoms with Crippen LogP contribution in [0.3, 0.4) is 0 Å². The van der Waals surface area contributed by atoms with Gasteiger partial charge in [0, 0.05) is 99.1 Å². The van der Waals surface area contributed by atoms with Crippen LogP contribution in [0.4, 0.5) is 0 Å². The smallest absolute Gasteiger partial charge is 0.550 e. The number of aliphatic carboxylic acids is 12. The van der Waals surface area contributed by atoms with Gasteiger partial charge in [0.05, 0.1) is 23.9 Å². The van der Waals surface area contributed by atoms with E-state index in [2.05, 4.69) is 0 Å². The number of aliphatic hydroxyl groups is 4. The largest absolute Gasteiger partial charge is 4.00 e. The summed E-state index contributed by atoms with van der Waals surface area (Å²) in [6.45, 7) is 0. The maximum Gasteiger partial charge on any atom is 4.00 e. The molecule has 0 aromatic carbocycles. The van der Waals surface area contributed by atoms with Gasteiger partial charge in [-0.05, 0) is 0 Å². The monoisotopic (exact) mass is 1300 g/mol. The van der Waals surface area contributed by atoms with Crippen molar-refractivity contribution in [2.24, 2.45) is 0 Å². The molecule has 55 heavy (non-hydrogen) atoms. The molecule has 0 rings (SSSR count). The topological polar surface area (TPSA) is 562 Å². The Hall–Kier alpha value is -3.91. The molecule has 0 unspecified atom stereocenters. The van der Waals surface area contributed by atoms with E-state index >= 15 is 0 Å². The Morgan fingerprint density at radius 2 is 0.327 bits per heavy atom. The van der Waals surface area contributed by atoms with Crippen LogP contribution in [0.1, 0.15) is 51.4 Å². The van der Waals surface area contributed by atoms with Crippen molar-refractivity contribution in [3.63, 3.8) is 0 Å². The fourth-order valence-electron chi connectivity index (χ4n) is 2.74. The van der Waals surface area contributed by atoms with Gasteiger partial charge in [-0.15, -0.1) is 0 Å². The maximum atomic E-state index is 10.1. The van der Waals surface area contributed by atoms with Gasteiger partial charge in [-0.25, -0.2) is 0 Å². The Morgan fingerprint density at radius 1 is 0.255 bits per heavy atom. The average molecular weight is 1290 g/mol. The molecule has 0 atom stereocenters. The van der Waals surface area contributed by atoms with E-state index < -0.39 is 145 Å². The van der Waals surface area contributed by atoms with Gasteiger partial charge in [-0.3, -0.25) is 0 Å². The van der Waals surface area contributed by atoms with Crippen LogP contribution in [0.2, 0.25) is 0 Å². The minimum Gasteiger partial charge on any atom is -0.550 e. The van der Waals surface area contributed by atoms with Crippen LogP contribution in [0.15, 0.2) is 0 Å². The van der Waals surface area contributed by atoms with Crippen LogP contribution in [0, 0.1) is 0 Å². The molecule has 0 saturated heterocycles. The second-order valence-electron chi connectivity index (χ2n) is 9.67. The van der Waals surface area contributed by atoms with E-state index in [1.165, 1.54) is 0 Å². The summed E-state index contributed by atoms with van der Waals surface area (Å²) in [5.41, 5.74) is -11.9. The molecule has 28 nitrogen and oxygen atoms in total. The summed E-state index contributed by atoms with van der Waals surface area (Å²) in [7, 11) is 0. The third-order valence-electron chi connectivity index (χ3n) is 5.01. The molecular formula is C24H20Hf3O28. The van der Waals surface area contributed by atoms with Gasteiger partial charge in [0.25, 0.3) is 0 Å². The first kappa shape index (κ1) is 65.9. The number of carbonyl (C=O) groups excluding carboxylic acids is 12. The summed E-state index contributed by atoms with van der Waals surface area (Å²) >= 11 is 0. The van der Waals surface area contributed by atoms with Crippen molar-refractivity contribution in [2.75, 3.05) is 0 Å². The number of hydrogen-bond acceptors (Lipinski definition) is 28. The van der Waals surface area contributed by atoms with Crippen molar-refractivity contribution in [3.8, 4) is 0 Å². The molecule has 0 aliphatic carbocycles. The molecule has 31 heteroatoms. The third-order valence-corrected chi connectivity index (χ3v) is 5.01. The summed E-state index contributed by atoms with van der Waals surface area (Å²) < 4.78 is 0. The molecule has 0 heterocycles. The summed E-state index contributed by atoms with van der Waals surface area (Å²) in [4.78, 5) is 120. The standard InChI is InChI=1S/4C6H8O7.3Hf/c4*7-3(8)1-6(13,5(11)12)2-4(9)10;;;/h4*13H,1-2H2,(H,7,8)(H,9,10)(H,11,12);;;/q;;;;3*+4/p-12. The second-order valence-corrected chi connectivity index (χ2v) is 9.67. The zero-order valence-electron chi connectivity index (χ0n) is 26.7. The van der Waals surface area contributed by atoms with E-state index in [0.717, 1.165) is 0 Å². The van der Waals surface area contributed by atoms with Crippen LogP contribution in [0.5, 0.6) is 0 Å². The van der Waals surface area contributed by atoms with Crippen LogP contribution in [-0.4, -0.2) is 114 Å². The molecule has 0 aromatic heterocycles. The zero-order chi connectivity index (χ0) is 42.6. The van der Waals surface area contributed by atoms with Gasteiger partial charge in [0.2, 0.25) is 0 Å². The van der Waals surface area contributed by atoms with Crippen molar-refractivity contribution in [2.45, 2.75) is 73.8 Å². The molecule has 0 bridgehead atoms. The molecule has 0 amide bonds. The molecule has 4 N–H and O–H groups in total. The maximum absolute atomic E-state index is 10.1. The molecule has 0 aliphatic rings. The number of rotatable bonds is 20. The first-order valence-electron chi connectivity index (χ1n) is 12.5. The Kier molecular flexibility index (Phi) is 35.2. The molecule has 0 saturated carbocycles. The van der Waals surface area contributed by atoms with E-state index in [1.807, 2.05) is 0 Å². The van der Waals surface area contributed by atoms with E-state index in [4.69, 9.17) is 20.4 Å². The Balaban J connectivity index is -0.000000110. The Bertz CT molecular complexity index is 1130. The molecule has 0 aromatic rings. The minimum absolute atomic E-state index is 0. The second kappa shape index (κ2) is 29.4. The quantitative estimate of drug-likeness (QED) is 0.0822. The molecule has 296 valence electrons. The van der Waals surface area contributed by atoms with Gasteiger partial charge in [-0.2, -0.15) is 0 Å². The van der Waals surface area contributed by atoms with Crippen LogP contribution >= 0.6 is 0 Å². The SMILES string of the molecule is O=C([O-])CC(O)(CC(=O)[O-])C(=O)[O-].O=C([O-])CC(O)(CC(=O)[O-])C(=O)[O-].O=C([O-])CC(O)(CC(=O)[O-])C(=O)[O-].O=C([O-])CC(O)(CC(=O)[O-])C(=O)[O-].[Hf+4].[Hf+4].[Hf+4]. The Morgan fingerprint density at radius 3 is 0.364 bits per heavy atom. The van der Waals surface area contributed by atoms with Crippen LogP contribution in [-0.2, 0) is 135 Å². The van der Waals surface area contributed by atoms with Crippen molar-refractivity contribution < 1.29 is 217 Å². The van der Waals surface area contributed by atoms with Crippen molar-refractivity contribution in [3.05, 3.63) is 0 Å². The fourth-order valence-corrected chi connectivity index (χ4v) is 2.74. The molecule has 0 fully saturated rings. The fraction of sp³-hybridized carbons (Fsp3) is 0.500. The van der Waals surface area contributed by atoms with Crippen LogP contribution < -0.4 is 61.3 Å².